The number of likely N-dealkylation sites (tertiary alicyclic amines) is 2. The van der Waals surface area contributed by atoms with E-state index in [1.165, 1.54) is 155 Å². The Morgan fingerprint density at radius 2 is 0.769 bits per heavy atom. The van der Waals surface area contributed by atoms with Gasteiger partial charge in [-0.2, -0.15) is 0 Å². The predicted molar refractivity (Wildman–Crippen MR) is 460 cm³/mol. The van der Waals surface area contributed by atoms with E-state index in [4.69, 9.17) is 19.3 Å². The van der Waals surface area contributed by atoms with E-state index in [1.807, 2.05) is 48.5 Å². The quantitative estimate of drug-likeness (QED) is 0.0310. The SMILES string of the molecule is O=C(NCCCO)c1sc2ncnc3c2c1NC(=O)N3c1ccc(Oc2cccc(F)c2)cc1.O=C(Nc1ccc(CCN2CCCCC2)cc1)c1sc2ncnc3c2c1NC(=O)N3c1ccc(Oc2cccc(F)c2)cc1.O=C(Nc1ccc(CN2CCCCC2)cc1)c1sc2ncnc3c2c1NC(=O)N3c1ccc(Oc2cccc(F)c2)cc1. The molecule has 6 aromatic heterocycles. The molecule has 27 nitrogen and oxygen atoms in total. The Morgan fingerprint density at radius 1 is 0.413 bits per heavy atom. The summed E-state index contributed by atoms with van der Waals surface area (Å²) >= 11 is 3.55. The van der Waals surface area contributed by atoms with Crippen molar-refractivity contribution in [1.82, 2.24) is 45.0 Å². The molecule has 0 unspecified atom stereocenters. The largest absolute Gasteiger partial charge is 0.457 e. The van der Waals surface area contributed by atoms with Crippen LogP contribution in [0.1, 0.15) is 85.1 Å². The van der Waals surface area contributed by atoms with Crippen LogP contribution in [0.2, 0.25) is 0 Å². The molecule has 2 fully saturated rings. The molecular weight excluding hydrogens is 1610 g/mol. The Bertz CT molecular complexity index is 6240. The summed E-state index contributed by atoms with van der Waals surface area (Å²) in [6.45, 7) is 6.81. The number of halogens is 3. The molecule has 7 N–H and O–H groups in total. The summed E-state index contributed by atoms with van der Waals surface area (Å²) in [6, 6.07) is 52.2. The fourth-order valence-electron chi connectivity index (χ4n) is 14.6. The van der Waals surface area contributed by atoms with Crippen LogP contribution < -0.4 is 60.8 Å². The van der Waals surface area contributed by atoms with Crippen LogP contribution in [0.5, 0.6) is 34.5 Å². The molecule has 0 spiro atoms. The average molecular weight is 1680 g/mol. The van der Waals surface area contributed by atoms with Crippen molar-refractivity contribution in [2.45, 2.75) is 57.9 Å². The van der Waals surface area contributed by atoms with Crippen molar-refractivity contribution in [3.63, 3.8) is 0 Å². The van der Waals surface area contributed by atoms with E-state index >= 15 is 0 Å². The van der Waals surface area contributed by atoms with E-state index in [-0.39, 0.29) is 24.3 Å². The highest BCUT2D eigenvalue weighted by Gasteiger charge is 2.38. The van der Waals surface area contributed by atoms with Gasteiger partial charge in [-0.1, -0.05) is 55.3 Å². The topological polar surface area (TPSA) is 316 Å². The molecule has 610 valence electrons. The van der Waals surface area contributed by atoms with Gasteiger partial charge in [0.2, 0.25) is 0 Å². The fourth-order valence-corrected chi connectivity index (χ4v) is 17.6. The number of thiophene rings is 3. The van der Waals surface area contributed by atoms with Crippen molar-refractivity contribution in [2.24, 2.45) is 0 Å². The third-order valence-electron chi connectivity index (χ3n) is 20.4. The molecule has 11 heterocycles. The number of benzene rings is 8. The number of nitrogens with one attached hydrogen (secondary N) is 6. The molecule has 0 atom stereocenters. The average Bonchev–Trinajstić information content (AvgIpc) is 1.67. The smallest absolute Gasteiger partial charge is 0.332 e. The summed E-state index contributed by atoms with van der Waals surface area (Å²) in [5.74, 6) is 1.41. The number of nitrogens with zero attached hydrogens (tertiary/aromatic N) is 11. The molecule has 19 rings (SSSR count). The second-order valence-corrected chi connectivity index (χ2v) is 31.6. The molecule has 0 aliphatic carbocycles. The second kappa shape index (κ2) is 35.8. The Hall–Kier alpha value is -13.8. The summed E-state index contributed by atoms with van der Waals surface area (Å²) in [5, 5.41) is 27.9. The number of hydrogen-bond acceptors (Lipinski definition) is 21. The van der Waals surface area contributed by atoms with Gasteiger partial charge in [0, 0.05) is 55.8 Å². The zero-order valence-corrected chi connectivity index (χ0v) is 66.9. The normalized spacial score (nSPS) is 14.2. The van der Waals surface area contributed by atoms with Crippen LogP contribution in [0.15, 0.2) is 213 Å². The van der Waals surface area contributed by atoms with Crippen molar-refractivity contribution in [2.75, 3.05) is 87.2 Å². The first-order chi connectivity index (χ1) is 59.1. The fraction of sp³-hybridized carbons (Fsp3) is 0.182. The van der Waals surface area contributed by atoms with E-state index in [0.29, 0.717) is 156 Å². The van der Waals surface area contributed by atoms with E-state index in [1.54, 1.807) is 109 Å². The van der Waals surface area contributed by atoms with E-state index in [2.05, 4.69) is 71.6 Å². The van der Waals surface area contributed by atoms with Crippen molar-refractivity contribution in [3.8, 4) is 34.5 Å². The number of ether oxygens (including phenoxy) is 3. The molecule has 2 saturated heterocycles. The van der Waals surface area contributed by atoms with Crippen LogP contribution in [0, 0.1) is 17.5 Å². The minimum absolute atomic E-state index is 0.0348. The molecule has 0 radical (unpaired) electrons. The Kier molecular flexibility index (Phi) is 23.5. The maximum atomic E-state index is 13.5. The second-order valence-electron chi connectivity index (χ2n) is 28.6. The zero-order valence-electron chi connectivity index (χ0n) is 64.4. The molecule has 14 aromatic rings. The summed E-state index contributed by atoms with van der Waals surface area (Å²) < 4.78 is 57.6. The van der Waals surface area contributed by atoms with Crippen molar-refractivity contribution >= 4 is 163 Å². The van der Waals surface area contributed by atoms with Gasteiger partial charge >= 0.3 is 18.1 Å². The van der Waals surface area contributed by atoms with E-state index in [0.717, 1.165) is 43.9 Å². The van der Waals surface area contributed by atoms with Crippen LogP contribution in [0.3, 0.4) is 0 Å². The third-order valence-corrected chi connectivity index (χ3v) is 23.7. The summed E-state index contributed by atoms with van der Waals surface area (Å²) in [5.41, 5.74) is 6.53. The Labute approximate surface area is 701 Å². The van der Waals surface area contributed by atoms with Crippen LogP contribution in [-0.4, -0.2) is 127 Å². The number of hydrogen-bond donors (Lipinski definition) is 7. The lowest BCUT2D eigenvalue weighted by atomic mass is 10.1. The van der Waals surface area contributed by atoms with Gasteiger partial charge in [-0.05, 0) is 209 Å². The van der Waals surface area contributed by atoms with E-state index in [9.17, 15) is 41.9 Å². The maximum Gasteiger partial charge on any atom is 0.332 e. The molecule has 8 aromatic carbocycles. The van der Waals surface area contributed by atoms with E-state index < -0.39 is 35.5 Å². The maximum absolute atomic E-state index is 13.5. The lowest BCUT2D eigenvalue weighted by molar-refractivity contribution is 0.0954. The third kappa shape index (κ3) is 17.8. The summed E-state index contributed by atoms with van der Waals surface area (Å²) in [4.78, 5) is 117. The highest BCUT2D eigenvalue weighted by Crippen LogP contribution is 2.49. The summed E-state index contributed by atoms with van der Waals surface area (Å²) in [7, 11) is 0. The van der Waals surface area contributed by atoms with Crippen LogP contribution >= 0.6 is 34.0 Å². The van der Waals surface area contributed by atoms with Crippen molar-refractivity contribution < 1.29 is 61.3 Å². The molecule has 33 heteroatoms. The number of carbonyl (C=O) groups excluding carboxylic acids is 6. The molecule has 121 heavy (non-hydrogen) atoms. The lowest BCUT2D eigenvalue weighted by Crippen LogP contribution is -2.35. The molecular formula is C88H74F3N17O10S3. The minimum atomic E-state index is -0.478. The zero-order chi connectivity index (χ0) is 83.0. The first-order valence-electron chi connectivity index (χ1n) is 39.0. The Balaban J connectivity index is 0.000000130. The molecule has 5 aliphatic heterocycles. The minimum Gasteiger partial charge on any atom is -0.457 e. The number of urea groups is 3. The number of piperidine rings is 2. The standard InChI is InChI=1S/C33H29FN6O3S.C32H27FN6O3S.C23H18FN5O4S/c34-22-5-4-6-26(19-22)43-25-13-11-24(12-14-25)40-30-27-28(38-33(40)42)29(44-32(27)36-20-35-30)31(41)37-23-9-7-21(8-10-23)15-18-39-16-2-1-3-17-39;33-21-5-4-6-25(17-21)42-24-13-11-23(12-14-24)39-29-26-27(37-32(39)41)28(43-31(26)35-19-34-29)30(40)36-22-9-7-20(8-10-22)18-38-15-2-1-3-16-38;24-13-3-1-4-16(11-13)33-15-7-5-14(6-8-15)29-20-17-18(28-23(29)32)19(21(31)25-9-2-10-30)34-22(17)27-12-26-20/h4-14,19-20H,1-3,15-18H2,(H,37,41)(H,38,42);4-14,17,19H,1-3,15-16,18H2,(H,36,40)(H,37,41);1,3-8,11-12,30H,2,9-10H2,(H,25,31)(H,28,32). The number of anilines is 11. The monoisotopic (exact) mass is 1680 g/mol. The van der Waals surface area contributed by atoms with Gasteiger partial charge in [-0.25, -0.2) is 72.2 Å². The highest BCUT2D eigenvalue weighted by molar-refractivity contribution is 7.22. The summed E-state index contributed by atoms with van der Waals surface area (Å²) in [6.07, 6.45) is 13.2. The number of amides is 9. The van der Waals surface area contributed by atoms with Gasteiger partial charge in [0.25, 0.3) is 17.7 Å². The van der Waals surface area contributed by atoms with Gasteiger partial charge in [0.15, 0.2) is 17.5 Å². The van der Waals surface area contributed by atoms with Gasteiger partial charge in [0.05, 0.1) is 50.3 Å². The lowest BCUT2D eigenvalue weighted by Gasteiger charge is -2.27. The molecule has 5 aliphatic rings. The highest BCUT2D eigenvalue weighted by atomic mass is 32.1. The van der Waals surface area contributed by atoms with Crippen molar-refractivity contribution in [1.29, 1.82) is 0 Å². The number of aliphatic hydroxyl groups excluding tert-OH is 1. The molecule has 9 amide bonds. The number of aromatic nitrogens is 6. The molecule has 0 saturated carbocycles. The first-order valence-corrected chi connectivity index (χ1v) is 41.4. The molecule has 0 bridgehead atoms. The van der Waals surface area contributed by atoms with Gasteiger partial charge < -0.3 is 56.1 Å². The van der Waals surface area contributed by atoms with Gasteiger partial charge in [-0.3, -0.25) is 19.3 Å². The first kappa shape index (κ1) is 79.6. The van der Waals surface area contributed by atoms with Crippen molar-refractivity contribution in [3.05, 3.63) is 256 Å². The van der Waals surface area contributed by atoms with Crippen LogP contribution in [-0.2, 0) is 13.0 Å². The number of rotatable bonds is 22. The number of carbonyl (C=O) groups is 6. The van der Waals surface area contributed by atoms with Gasteiger partial charge in [0.1, 0.15) is 100 Å². The van der Waals surface area contributed by atoms with Crippen LogP contribution in [0.4, 0.5) is 90.5 Å². The van der Waals surface area contributed by atoms with Gasteiger partial charge in [-0.15, -0.1) is 34.0 Å². The predicted octanol–water partition coefficient (Wildman–Crippen LogP) is 19.6. The Morgan fingerprint density at radius 3 is 1.13 bits per heavy atom. The van der Waals surface area contributed by atoms with Crippen LogP contribution in [0.25, 0.3) is 30.6 Å². The number of aliphatic hydroxyl groups is 1.